The van der Waals surface area contributed by atoms with Crippen molar-refractivity contribution in [3.63, 3.8) is 0 Å². The van der Waals surface area contributed by atoms with Gasteiger partial charge in [0.05, 0.1) is 0 Å². The van der Waals surface area contributed by atoms with E-state index < -0.39 is 0 Å². The van der Waals surface area contributed by atoms with Gasteiger partial charge in [-0.15, -0.1) is 0 Å². The molecule has 0 rings (SSSR count). The Morgan fingerprint density at radius 3 is 2.67 bits per heavy atom. The molecule has 0 radical (unpaired) electrons. The van der Waals surface area contributed by atoms with Gasteiger partial charge < -0.3 is 0 Å². The zero-order chi connectivity index (χ0) is 7.11. The van der Waals surface area contributed by atoms with Crippen LogP contribution < -0.4 is 0 Å². The van der Waals surface area contributed by atoms with E-state index in [2.05, 4.69) is 25.3 Å². The van der Waals surface area contributed by atoms with E-state index in [4.69, 9.17) is 0 Å². The van der Waals surface area contributed by atoms with Crippen molar-refractivity contribution in [3.05, 3.63) is 12.2 Å². The quantitative estimate of drug-likeness (QED) is 0.390. The second-order valence-corrected chi connectivity index (χ2v) is 2.19. The van der Waals surface area contributed by atoms with Crippen molar-refractivity contribution in [1.82, 2.24) is 0 Å². The van der Waals surface area contributed by atoms with Crippen molar-refractivity contribution >= 4 is 0 Å². The van der Waals surface area contributed by atoms with E-state index in [9.17, 15) is 0 Å². The zero-order valence-corrected chi connectivity index (χ0v) is 6.33. The van der Waals surface area contributed by atoms with Gasteiger partial charge in [-0.3, -0.25) is 0 Å². The number of hydrogen-bond acceptors (Lipinski definition) is 0. The molecule has 0 saturated heterocycles. The second kappa shape index (κ2) is 5.44. The van der Waals surface area contributed by atoms with Crippen LogP contribution in [0, 0.1) is 11.8 Å². The molecule has 0 aromatic rings. The van der Waals surface area contributed by atoms with Gasteiger partial charge in [-0.25, -0.2) is 0 Å². The summed E-state index contributed by atoms with van der Waals surface area (Å²) in [5, 5.41) is 0. The fourth-order valence-corrected chi connectivity index (χ4v) is 0.479. The highest BCUT2D eigenvalue weighted by Gasteiger charge is 1.75. The third-order valence-electron chi connectivity index (χ3n) is 0.957. The van der Waals surface area contributed by atoms with Crippen LogP contribution in [0.15, 0.2) is 12.2 Å². The average Bonchev–Trinajstić information content (AvgIpc) is 1.80. The van der Waals surface area contributed by atoms with E-state index in [-0.39, 0.29) is 0 Å². The molecule has 0 heterocycles. The predicted molar refractivity (Wildman–Crippen MR) is 42.1 cm³/mol. The summed E-state index contributed by atoms with van der Waals surface area (Å²) in [5.41, 5.74) is 0.964. The molecule has 0 aromatic carbocycles. The number of allylic oxidation sites excluding steroid dienone is 1. The van der Waals surface area contributed by atoms with E-state index >= 15 is 0 Å². The highest BCUT2D eigenvalue weighted by Crippen LogP contribution is 1.91. The molecule has 0 saturated carbocycles. The van der Waals surface area contributed by atoms with Gasteiger partial charge >= 0.3 is 0 Å². The Kier molecular flexibility index (Phi) is 5.01. The highest BCUT2D eigenvalue weighted by molar-refractivity contribution is 5.22. The van der Waals surface area contributed by atoms with Crippen LogP contribution in [-0.2, 0) is 0 Å². The van der Waals surface area contributed by atoms with Gasteiger partial charge in [-0.1, -0.05) is 31.8 Å². The van der Waals surface area contributed by atoms with E-state index in [0.29, 0.717) is 0 Å². The third-order valence-corrected chi connectivity index (χ3v) is 0.957. The molecule has 0 unspecified atom stereocenters. The third kappa shape index (κ3) is 7.30. The van der Waals surface area contributed by atoms with Crippen LogP contribution in [0.3, 0.4) is 0 Å². The number of hydrogen-bond donors (Lipinski definition) is 0. The molecule has 0 atom stereocenters. The fourth-order valence-electron chi connectivity index (χ4n) is 0.479. The smallest absolute Gasteiger partial charge is 0.00922 e. The maximum Gasteiger partial charge on any atom is 0.00922 e. The van der Waals surface area contributed by atoms with Gasteiger partial charge in [-0.2, -0.15) is 0 Å². The molecule has 0 aliphatic rings. The Labute approximate surface area is 58.0 Å². The first-order valence-corrected chi connectivity index (χ1v) is 3.41. The first kappa shape index (κ1) is 8.30. The normalized spacial score (nSPS) is 7.78. The maximum atomic E-state index is 3.68. The van der Waals surface area contributed by atoms with Crippen molar-refractivity contribution < 1.29 is 0 Å². The van der Waals surface area contributed by atoms with E-state index in [1.54, 1.807) is 0 Å². The van der Waals surface area contributed by atoms with Crippen LogP contribution in [0.5, 0.6) is 0 Å². The molecule has 9 heavy (non-hydrogen) atoms. The second-order valence-electron chi connectivity index (χ2n) is 2.19. The maximum absolute atomic E-state index is 3.68. The molecule has 0 heteroatoms. The lowest BCUT2D eigenvalue weighted by atomic mass is 10.2. The van der Waals surface area contributed by atoms with E-state index in [0.717, 1.165) is 12.0 Å². The first-order chi connectivity index (χ1) is 4.27. The fraction of sp³-hybridized carbons (Fsp3) is 0.556. The van der Waals surface area contributed by atoms with Crippen LogP contribution >= 0.6 is 0 Å². The summed E-state index contributed by atoms with van der Waals surface area (Å²) >= 11 is 0. The van der Waals surface area contributed by atoms with E-state index in [1.807, 2.05) is 6.92 Å². The first-order valence-electron chi connectivity index (χ1n) is 3.41. The van der Waals surface area contributed by atoms with E-state index in [1.165, 1.54) is 12.8 Å². The lowest BCUT2D eigenvalue weighted by molar-refractivity contribution is 0.828. The van der Waals surface area contributed by atoms with Crippen molar-refractivity contribution in [1.29, 1.82) is 0 Å². The minimum Gasteiger partial charge on any atom is -0.0983 e. The Bertz CT molecular complexity index is 132. The number of unbranched alkanes of at least 4 members (excludes halogenated alkanes) is 2. The predicted octanol–water partition coefficient (Wildman–Crippen LogP) is 2.76. The van der Waals surface area contributed by atoms with Crippen molar-refractivity contribution in [2.75, 3.05) is 0 Å². The van der Waals surface area contributed by atoms with Crippen molar-refractivity contribution in [3.8, 4) is 11.8 Å². The summed E-state index contributed by atoms with van der Waals surface area (Å²) < 4.78 is 0. The van der Waals surface area contributed by atoms with Crippen molar-refractivity contribution in [2.24, 2.45) is 0 Å². The van der Waals surface area contributed by atoms with Gasteiger partial charge in [0, 0.05) is 6.42 Å². The van der Waals surface area contributed by atoms with Gasteiger partial charge in [-0.05, 0) is 18.9 Å². The summed E-state index contributed by atoms with van der Waals surface area (Å²) in [7, 11) is 0. The summed E-state index contributed by atoms with van der Waals surface area (Å²) in [6, 6.07) is 0. The topological polar surface area (TPSA) is 0 Å². The Hall–Kier alpha value is -0.700. The molecule has 0 spiro atoms. The highest BCUT2D eigenvalue weighted by atomic mass is 13.8. The Morgan fingerprint density at radius 2 is 2.22 bits per heavy atom. The summed E-state index contributed by atoms with van der Waals surface area (Å²) in [6.07, 6.45) is 3.45. The summed E-state index contributed by atoms with van der Waals surface area (Å²) in [6.45, 7) is 7.78. The molecule has 0 aliphatic heterocycles. The minimum atomic E-state index is 0.964. The molecule has 50 valence electrons. The Balaban J connectivity index is 3.27. The van der Waals surface area contributed by atoms with Gasteiger partial charge in [0.15, 0.2) is 0 Å². The van der Waals surface area contributed by atoms with Crippen LogP contribution in [-0.4, -0.2) is 0 Å². The van der Waals surface area contributed by atoms with Crippen molar-refractivity contribution in [2.45, 2.75) is 33.1 Å². The molecule has 0 N–H and O–H groups in total. The molecule has 0 aromatic heterocycles. The molecular formula is C9H14. The molecular weight excluding hydrogens is 108 g/mol. The SMILES string of the molecule is C=C(C)C#CCCCC. The van der Waals surface area contributed by atoms with Crippen LogP contribution in [0.1, 0.15) is 33.1 Å². The lowest BCUT2D eigenvalue weighted by Crippen LogP contribution is -1.67. The zero-order valence-electron chi connectivity index (χ0n) is 6.33. The standard InChI is InChI=1S/C9H14/c1-4-5-6-7-8-9(2)3/h2,4-6H2,1,3H3. The molecule has 0 nitrogen and oxygen atoms in total. The summed E-state index contributed by atoms with van der Waals surface area (Å²) in [5.74, 6) is 5.97. The largest absolute Gasteiger partial charge is 0.0983 e. The van der Waals surface area contributed by atoms with Gasteiger partial charge in [0.2, 0.25) is 0 Å². The van der Waals surface area contributed by atoms with Crippen LogP contribution in [0.25, 0.3) is 0 Å². The monoisotopic (exact) mass is 122 g/mol. The van der Waals surface area contributed by atoms with Crippen LogP contribution in [0.2, 0.25) is 0 Å². The lowest BCUT2D eigenvalue weighted by Gasteiger charge is -1.83. The molecule has 0 fully saturated rings. The minimum absolute atomic E-state index is 0.964. The summed E-state index contributed by atoms with van der Waals surface area (Å²) in [4.78, 5) is 0. The Morgan fingerprint density at radius 1 is 1.56 bits per heavy atom. The van der Waals surface area contributed by atoms with Crippen LogP contribution in [0.4, 0.5) is 0 Å². The molecule has 0 bridgehead atoms. The number of rotatable bonds is 2. The van der Waals surface area contributed by atoms with Gasteiger partial charge in [0.25, 0.3) is 0 Å². The van der Waals surface area contributed by atoms with Gasteiger partial charge in [0.1, 0.15) is 0 Å². The molecule has 0 aliphatic carbocycles. The molecule has 0 amide bonds. The average molecular weight is 122 g/mol.